The number of carbonyl (C=O) groups is 1. The fourth-order valence-corrected chi connectivity index (χ4v) is 2.78. The molecule has 1 aromatic rings. The summed E-state index contributed by atoms with van der Waals surface area (Å²) in [6.45, 7) is 8.15. The molecule has 0 aliphatic carbocycles. The first-order chi connectivity index (χ1) is 9.29. The first-order valence-corrected chi connectivity index (χ1v) is 7.44. The number of anilines is 1. The number of amides is 1. The third kappa shape index (κ3) is 3.23. The minimum Gasteiger partial charge on any atom is -0.465 e. The van der Waals surface area contributed by atoms with Crippen LogP contribution in [-0.4, -0.2) is 46.8 Å². The Hall–Kier alpha value is -1.30. The molecular weight excluding hydrogens is 322 g/mol. The Bertz CT molecular complexity index is 484. The number of hydrogen-bond donors (Lipinski definition) is 1. The molecule has 0 bridgehead atoms. The molecule has 0 radical (unpaired) electrons. The van der Waals surface area contributed by atoms with Gasteiger partial charge in [0.05, 0.1) is 17.9 Å². The first kappa shape index (κ1) is 15.1. The van der Waals surface area contributed by atoms with Crippen molar-refractivity contribution >= 4 is 27.7 Å². The van der Waals surface area contributed by atoms with Crippen LogP contribution < -0.4 is 4.90 Å². The Labute approximate surface area is 127 Å². The zero-order valence-electron chi connectivity index (χ0n) is 12.0. The maximum atomic E-state index is 11.4. The molecule has 0 spiro atoms. The van der Waals surface area contributed by atoms with Gasteiger partial charge < -0.3 is 14.9 Å². The monoisotopic (exact) mass is 341 g/mol. The highest BCUT2D eigenvalue weighted by Crippen LogP contribution is 2.30. The van der Waals surface area contributed by atoms with E-state index in [0.717, 1.165) is 10.3 Å². The number of nitrogens with zero attached hydrogens (tertiary/aromatic N) is 3. The largest absolute Gasteiger partial charge is 0.465 e. The summed E-state index contributed by atoms with van der Waals surface area (Å²) in [5.74, 6) is 0. The topological polar surface area (TPSA) is 56.7 Å². The molecule has 1 unspecified atom stereocenters. The lowest BCUT2D eigenvalue weighted by molar-refractivity contribution is 0.0748. The van der Waals surface area contributed by atoms with E-state index in [4.69, 9.17) is 0 Å². The van der Waals surface area contributed by atoms with Crippen LogP contribution in [0.15, 0.2) is 22.9 Å². The fourth-order valence-electron chi connectivity index (χ4n) is 2.54. The molecule has 0 saturated carbocycles. The van der Waals surface area contributed by atoms with Crippen LogP contribution in [0.3, 0.4) is 0 Å². The van der Waals surface area contributed by atoms with Gasteiger partial charge in [0.15, 0.2) is 0 Å². The van der Waals surface area contributed by atoms with Gasteiger partial charge in [-0.05, 0) is 33.5 Å². The molecule has 6 heteroatoms. The highest BCUT2D eigenvalue weighted by molar-refractivity contribution is 9.10. The summed E-state index contributed by atoms with van der Waals surface area (Å²) >= 11 is 3.33. The fraction of sp³-hybridized carbons (Fsp3) is 0.571. The van der Waals surface area contributed by atoms with Crippen molar-refractivity contribution in [3.05, 3.63) is 22.9 Å². The Morgan fingerprint density at radius 3 is 2.60 bits per heavy atom. The lowest BCUT2D eigenvalue weighted by Crippen LogP contribution is -2.59. The normalized spacial score (nSPS) is 20.1. The van der Waals surface area contributed by atoms with Gasteiger partial charge in [-0.2, -0.15) is 0 Å². The summed E-state index contributed by atoms with van der Waals surface area (Å²) in [4.78, 5) is 19.4. The summed E-state index contributed by atoms with van der Waals surface area (Å²) in [6.07, 6.45) is 0.985. The van der Waals surface area contributed by atoms with E-state index in [1.54, 1.807) is 4.90 Å². The second kappa shape index (κ2) is 5.60. The van der Waals surface area contributed by atoms with Crippen molar-refractivity contribution in [2.75, 3.05) is 24.5 Å². The van der Waals surface area contributed by atoms with Crippen molar-refractivity contribution in [2.45, 2.75) is 26.8 Å². The number of aromatic nitrogens is 1. The van der Waals surface area contributed by atoms with Gasteiger partial charge in [0.1, 0.15) is 4.60 Å². The van der Waals surface area contributed by atoms with Crippen LogP contribution in [0.2, 0.25) is 0 Å². The Balaban J connectivity index is 2.20. The smallest absolute Gasteiger partial charge is 0.407 e. The molecule has 1 aliphatic rings. The molecule has 1 N–H and O–H groups in total. The molecule has 1 aliphatic heterocycles. The van der Waals surface area contributed by atoms with Crippen LogP contribution in [0.25, 0.3) is 0 Å². The van der Waals surface area contributed by atoms with Crippen LogP contribution in [-0.2, 0) is 0 Å². The third-order valence-electron chi connectivity index (χ3n) is 3.70. The van der Waals surface area contributed by atoms with E-state index in [1.165, 1.54) is 0 Å². The number of halogens is 1. The Kier molecular flexibility index (Phi) is 4.22. The van der Waals surface area contributed by atoms with Crippen molar-refractivity contribution < 1.29 is 9.90 Å². The van der Waals surface area contributed by atoms with Crippen LogP contribution in [0, 0.1) is 5.41 Å². The van der Waals surface area contributed by atoms with Crippen LogP contribution in [0.1, 0.15) is 20.8 Å². The molecule has 2 rings (SSSR count). The maximum absolute atomic E-state index is 11.4. The van der Waals surface area contributed by atoms with Crippen molar-refractivity contribution in [3.8, 4) is 0 Å². The van der Waals surface area contributed by atoms with E-state index in [1.807, 2.05) is 18.3 Å². The van der Waals surface area contributed by atoms with E-state index in [0.29, 0.717) is 19.6 Å². The summed E-state index contributed by atoms with van der Waals surface area (Å²) in [7, 11) is 0. The van der Waals surface area contributed by atoms with Crippen LogP contribution >= 0.6 is 15.9 Å². The van der Waals surface area contributed by atoms with Gasteiger partial charge in [-0.25, -0.2) is 9.78 Å². The molecule has 0 aromatic carbocycles. The molecular formula is C14H20BrN3O2. The molecule has 110 valence electrons. The summed E-state index contributed by atoms with van der Waals surface area (Å²) < 4.78 is 0.804. The second-order valence-electron chi connectivity index (χ2n) is 6.14. The van der Waals surface area contributed by atoms with Crippen molar-refractivity contribution in [2.24, 2.45) is 5.41 Å². The first-order valence-electron chi connectivity index (χ1n) is 6.65. The van der Waals surface area contributed by atoms with Gasteiger partial charge in [-0.1, -0.05) is 20.8 Å². The van der Waals surface area contributed by atoms with E-state index in [9.17, 15) is 9.90 Å². The second-order valence-corrected chi connectivity index (χ2v) is 6.96. The minimum absolute atomic E-state index is 0.0302. The third-order valence-corrected chi connectivity index (χ3v) is 4.17. The predicted octanol–water partition coefficient (Wildman–Crippen LogP) is 3.06. The molecule has 1 aromatic heterocycles. The van der Waals surface area contributed by atoms with E-state index < -0.39 is 6.09 Å². The van der Waals surface area contributed by atoms with Gasteiger partial charge in [0.25, 0.3) is 0 Å². The summed E-state index contributed by atoms with van der Waals surface area (Å²) in [5.41, 5.74) is 0.937. The maximum Gasteiger partial charge on any atom is 0.407 e. The van der Waals surface area contributed by atoms with Gasteiger partial charge in [0.2, 0.25) is 0 Å². The Morgan fingerprint density at radius 1 is 1.40 bits per heavy atom. The number of piperazine rings is 1. The lowest BCUT2D eigenvalue weighted by Gasteiger charge is -2.46. The van der Waals surface area contributed by atoms with Crippen LogP contribution in [0.5, 0.6) is 0 Å². The molecule has 1 saturated heterocycles. The highest BCUT2D eigenvalue weighted by Gasteiger charge is 2.38. The van der Waals surface area contributed by atoms with E-state index >= 15 is 0 Å². The van der Waals surface area contributed by atoms with Crippen molar-refractivity contribution in [3.63, 3.8) is 0 Å². The van der Waals surface area contributed by atoms with Gasteiger partial charge >= 0.3 is 6.09 Å². The predicted molar refractivity (Wildman–Crippen MR) is 82.1 cm³/mol. The zero-order chi connectivity index (χ0) is 14.9. The molecule has 1 fully saturated rings. The molecule has 5 nitrogen and oxygen atoms in total. The molecule has 1 atom stereocenters. The van der Waals surface area contributed by atoms with E-state index in [2.05, 4.69) is 46.6 Å². The molecule has 20 heavy (non-hydrogen) atoms. The quantitative estimate of drug-likeness (QED) is 0.797. The summed E-state index contributed by atoms with van der Waals surface area (Å²) in [5, 5.41) is 9.35. The number of rotatable bonds is 1. The minimum atomic E-state index is -0.835. The molecule has 2 heterocycles. The average molecular weight is 342 g/mol. The Morgan fingerprint density at radius 2 is 2.10 bits per heavy atom. The average Bonchev–Trinajstić information content (AvgIpc) is 2.38. The SMILES string of the molecule is CC(C)(C)C1CN(c2ccc(Br)nc2)CCN1C(=O)O. The highest BCUT2D eigenvalue weighted by atomic mass is 79.9. The van der Waals surface area contributed by atoms with Crippen LogP contribution in [0.4, 0.5) is 10.5 Å². The van der Waals surface area contributed by atoms with Gasteiger partial charge in [-0.15, -0.1) is 0 Å². The number of hydrogen-bond acceptors (Lipinski definition) is 3. The van der Waals surface area contributed by atoms with E-state index in [-0.39, 0.29) is 11.5 Å². The number of carboxylic acid groups (broad SMARTS) is 1. The van der Waals surface area contributed by atoms with Gasteiger partial charge in [0, 0.05) is 19.6 Å². The standard InChI is InChI=1S/C14H20BrN3O2/c1-14(2,3)11-9-17(6-7-18(11)13(19)20)10-4-5-12(15)16-8-10/h4-5,8,11H,6-7,9H2,1-3H3,(H,19,20). The summed E-state index contributed by atoms with van der Waals surface area (Å²) in [6, 6.07) is 3.88. The van der Waals surface area contributed by atoms with Crippen molar-refractivity contribution in [1.29, 1.82) is 0 Å². The zero-order valence-corrected chi connectivity index (χ0v) is 13.6. The lowest BCUT2D eigenvalue weighted by atomic mass is 9.84. The van der Waals surface area contributed by atoms with Gasteiger partial charge in [-0.3, -0.25) is 0 Å². The van der Waals surface area contributed by atoms with Crippen molar-refractivity contribution in [1.82, 2.24) is 9.88 Å². The number of pyridine rings is 1. The molecule has 1 amide bonds.